The van der Waals surface area contributed by atoms with Gasteiger partial charge in [-0.3, -0.25) is 0 Å². The van der Waals surface area contributed by atoms with E-state index in [1.807, 2.05) is 0 Å². The summed E-state index contributed by atoms with van der Waals surface area (Å²) >= 11 is 5.63. The number of fused-ring (bicyclic) bond motifs is 1. The van der Waals surface area contributed by atoms with Gasteiger partial charge in [-0.25, -0.2) is 19.2 Å². The number of anilines is 1. The Labute approximate surface area is 169 Å². The van der Waals surface area contributed by atoms with Gasteiger partial charge in [0.1, 0.15) is 11.9 Å². The van der Waals surface area contributed by atoms with E-state index in [4.69, 9.17) is 11.6 Å². The minimum Gasteiger partial charge on any atom is -0.343 e. The lowest BCUT2D eigenvalue weighted by Crippen LogP contribution is -2.43. The Hall–Kier alpha value is -2.62. The van der Waals surface area contributed by atoms with Gasteiger partial charge in [-0.2, -0.15) is 13.2 Å². The second-order valence-corrected chi connectivity index (χ2v) is 7.06. The van der Waals surface area contributed by atoms with Crippen molar-refractivity contribution in [2.75, 3.05) is 11.9 Å². The van der Waals surface area contributed by atoms with E-state index in [0.717, 1.165) is 12.5 Å². The summed E-state index contributed by atoms with van der Waals surface area (Å²) in [5.41, 5.74) is 1.81. The first-order chi connectivity index (χ1) is 13.6. The van der Waals surface area contributed by atoms with Crippen molar-refractivity contribution in [3.8, 4) is 0 Å². The average Bonchev–Trinajstić information content (AvgIpc) is 2.67. The Morgan fingerprint density at radius 2 is 2.14 bits per heavy atom. The van der Waals surface area contributed by atoms with Crippen LogP contribution in [0.4, 0.5) is 28.3 Å². The number of hydrogen-bond donors (Lipinski definition) is 2. The summed E-state index contributed by atoms with van der Waals surface area (Å²) in [6.45, 7) is 1.62. The summed E-state index contributed by atoms with van der Waals surface area (Å²) in [6.07, 6.45) is -2.47. The first-order valence-corrected chi connectivity index (χ1v) is 9.16. The smallest absolute Gasteiger partial charge is 0.343 e. The molecular weight excluding hydrogens is 414 g/mol. The van der Waals surface area contributed by atoms with Crippen LogP contribution in [0.2, 0.25) is 5.02 Å². The monoisotopic (exact) mass is 431 g/mol. The highest BCUT2D eigenvalue weighted by Crippen LogP contribution is 2.23. The molecule has 1 aromatic heterocycles. The molecule has 0 aliphatic carbocycles. The van der Waals surface area contributed by atoms with E-state index in [-0.39, 0.29) is 30.1 Å². The zero-order valence-electron chi connectivity index (χ0n) is 15.4. The zero-order chi connectivity index (χ0) is 21.2. The minimum absolute atomic E-state index is 0.00310. The third-order valence-electron chi connectivity index (χ3n) is 4.50. The van der Waals surface area contributed by atoms with Gasteiger partial charge in [0.25, 0.3) is 0 Å². The van der Waals surface area contributed by atoms with Crippen molar-refractivity contribution in [1.82, 2.24) is 20.2 Å². The summed E-state index contributed by atoms with van der Waals surface area (Å²) in [5, 5.41) is 4.90. The highest BCUT2D eigenvalue weighted by atomic mass is 35.5. The molecule has 1 aromatic carbocycles. The Bertz CT molecular complexity index is 908. The van der Waals surface area contributed by atoms with Crippen LogP contribution in [-0.4, -0.2) is 39.7 Å². The number of carbonyl (C=O) groups excluding carboxylic acids is 1. The second kappa shape index (κ2) is 8.40. The number of benzene rings is 1. The number of hydrogen-bond acceptors (Lipinski definition) is 4. The number of carbonyl (C=O) groups is 1. The molecule has 1 atom stereocenters. The van der Waals surface area contributed by atoms with Crippen molar-refractivity contribution in [3.63, 3.8) is 0 Å². The van der Waals surface area contributed by atoms with Crippen LogP contribution < -0.4 is 10.6 Å². The Morgan fingerprint density at radius 1 is 1.38 bits per heavy atom. The molecule has 0 fully saturated rings. The molecule has 2 aromatic rings. The van der Waals surface area contributed by atoms with Crippen molar-refractivity contribution < 1.29 is 22.4 Å². The Balaban J connectivity index is 1.62. The molecule has 0 bridgehead atoms. The fraction of sp³-hybridized carbons (Fsp3) is 0.389. The van der Waals surface area contributed by atoms with Crippen LogP contribution in [0.25, 0.3) is 0 Å². The van der Waals surface area contributed by atoms with Gasteiger partial charge in [-0.15, -0.1) is 0 Å². The molecule has 0 saturated heterocycles. The van der Waals surface area contributed by atoms with E-state index in [9.17, 15) is 22.4 Å². The lowest BCUT2D eigenvalue weighted by atomic mass is 10.1. The Morgan fingerprint density at radius 3 is 2.83 bits per heavy atom. The molecule has 0 spiro atoms. The van der Waals surface area contributed by atoms with E-state index in [2.05, 4.69) is 20.6 Å². The SMILES string of the molecule is CC(Nc1ncc2c(n1)CN(C(=O)NCc1ccc(Cl)c(F)c1)CC2)C(F)(F)F. The van der Waals surface area contributed by atoms with Crippen LogP contribution in [0.5, 0.6) is 0 Å². The third kappa shape index (κ3) is 5.26. The van der Waals surface area contributed by atoms with E-state index in [0.29, 0.717) is 24.2 Å². The predicted molar refractivity (Wildman–Crippen MR) is 98.9 cm³/mol. The van der Waals surface area contributed by atoms with E-state index >= 15 is 0 Å². The summed E-state index contributed by atoms with van der Waals surface area (Å²) in [6, 6.07) is 2.06. The van der Waals surface area contributed by atoms with Gasteiger partial charge >= 0.3 is 12.2 Å². The summed E-state index contributed by atoms with van der Waals surface area (Å²) in [5.74, 6) is -0.720. The Kier molecular flexibility index (Phi) is 6.11. The van der Waals surface area contributed by atoms with Crippen LogP contribution in [0.15, 0.2) is 24.4 Å². The molecule has 29 heavy (non-hydrogen) atoms. The highest BCUT2D eigenvalue weighted by Gasteiger charge is 2.36. The van der Waals surface area contributed by atoms with Gasteiger partial charge in [0.05, 0.1) is 17.3 Å². The van der Waals surface area contributed by atoms with E-state index in [1.54, 1.807) is 6.07 Å². The number of urea groups is 1. The first kappa shape index (κ1) is 21.1. The van der Waals surface area contributed by atoms with Crippen molar-refractivity contribution in [2.24, 2.45) is 0 Å². The molecule has 0 saturated carbocycles. The maximum Gasteiger partial charge on any atom is 0.408 e. The van der Waals surface area contributed by atoms with Crippen molar-refractivity contribution in [1.29, 1.82) is 0 Å². The average molecular weight is 432 g/mol. The van der Waals surface area contributed by atoms with Crippen molar-refractivity contribution >= 4 is 23.6 Å². The van der Waals surface area contributed by atoms with Gasteiger partial charge in [0.15, 0.2) is 0 Å². The number of amides is 2. The van der Waals surface area contributed by atoms with E-state index < -0.39 is 18.0 Å². The van der Waals surface area contributed by atoms with Crippen LogP contribution >= 0.6 is 11.6 Å². The van der Waals surface area contributed by atoms with Crippen LogP contribution in [-0.2, 0) is 19.5 Å². The van der Waals surface area contributed by atoms with Gasteiger partial charge in [-0.1, -0.05) is 17.7 Å². The van der Waals surface area contributed by atoms with Gasteiger partial charge in [0.2, 0.25) is 5.95 Å². The predicted octanol–water partition coefficient (Wildman–Crippen LogP) is 3.90. The summed E-state index contributed by atoms with van der Waals surface area (Å²) < 4.78 is 51.6. The number of alkyl halides is 3. The molecule has 3 rings (SSSR count). The maximum atomic E-state index is 13.5. The van der Waals surface area contributed by atoms with Crippen LogP contribution in [0.1, 0.15) is 23.7 Å². The maximum absolute atomic E-state index is 13.5. The normalized spacial score (nSPS) is 14.9. The van der Waals surface area contributed by atoms with Crippen molar-refractivity contribution in [2.45, 2.75) is 38.7 Å². The lowest BCUT2D eigenvalue weighted by Gasteiger charge is -2.28. The molecule has 2 N–H and O–H groups in total. The summed E-state index contributed by atoms with van der Waals surface area (Å²) in [4.78, 5) is 21.9. The van der Waals surface area contributed by atoms with Crippen LogP contribution in [0, 0.1) is 5.82 Å². The third-order valence-corrected chi connectivity index (χ3v) is 4.80. The minimum atomic E-state index is -4.42. The molecule has 11 heteroatoms. The second-order valence-electron chi connectivity index (χ2n) is 6.65. The number of nitrogens with one attached hydrogen (secondary N) is 2. The fourth-order valence-corrected chi connectivity index (χ4v) is 2.88. The lowest BCUT2D eigenvalue weighted by molar-refractivity contribution is -0.138. The molecule has 6 nitrogen and oxygen atoms in total. The van der Waals surface area contributed by atoms with Crippen molar-refractivity contribution in [3.05, 3.63) is 52.1 Å². The standard InChI is InChI=1S/C18H18ClF4N5O/c1-10(18(21,22)23)26-16-24-8-12-4-5-28(9-15(12)27-16)17(29)25-7-11-2-3-13(19)14(20)6-11/h2-3,6,8,10H,4-5,7,9H2,1H3,(H,25,29)(H,24,26,27). The number of halogens is 5. The molecule has 2 amide bonds. The summed E-state index contributed by atoms with van der Waals surface area (Å²) in [7, 11) is 0. The molecule has 156 valence electrons. The molecule has 0 radical (unpaired) electrons. The zero-order valence-corrected chi connectivity index (χ0v) is 16.1. The molecule has 1 unspecified atom stereocenters. The number of aromatic nitrogens is 2. The number of nitrogens with zero attached hydrogens (tertiary/aromatic N) is 3. The largest absolute Gasteiger partial charge is 0.408 e. The molecular formula is C18H18ClF4N5O. The highest BCUT2D eigenvalue weighted by molar-refractivity contribution is 6.30. The van der Waals surface area contributed by atoms with Gasteiger partial charge in [-0.05, 0) is 36.6 Å². The first-order valence-electron chi connectivity index (χ1n) is 8.78. The number of rotatable bonds is 4. The van der Waals surface area contributed by atoms with E-state index in [1.165, 1.54) is 23.2 Å². The molecule has 1 aliphatic rings. The fourth-order valence-electron chi connectivity index (χ4n) is 2.76. The molecule has 1 aliphatic heterocycles. The van der Waals surface area contributed by atoms with Crippen LogP contribution in [0.3, 0.4) is 0 Å². The van der Waals surface area contributed by atoms with Gasteiger partial charge in [0, 0.05) is 19.3 Å². The topological polar surface area (TPSA) is 70.2 Å². The van der Waals surface area contributed by atoms with Gasteiger partial charge < -0.3 is 15.5 Å². The quantitative estimate of drug-likeness (QED) is 0.720. The molecule has 2 heterocycles.